The van der Waals surface area contributed by atoms with E-state index in [9.17, 15) is 18.0 Å². The molecule has 2 aromatic carbocycles. The predicted molar refractivity (Wildman–Crippen MR) is 105 cm³/mol. The Kier molecular flexibility index (Phi) is 4.41. The Morgan fingerprint density at radius 3 is 2.78 bits per heavy atom. The molecule has 0 atom stereocenters. The molecule has 0 aliphatic carbocycles. The van der Waals surface area contributed by atoms with E-state index in [1.807, 2.05) is 6.26 Å². The van der Waals surface area contributed by atoms with Crippen molar-refractivity contribution in [1.82, 2.24) is 9.29 Å². The number of carbonyl (C=O) groups is 2. The summed E-state index contributed by atoms with van der Waals surface area (Å²) in [7, 11) is -4.01. The van der Waals surface area contributed by atoms with Crippen molar-refractivity contribution in [3.8, 4) is 0 Å². The van der Waals surface area contributed by atoms with Gasteiger partial charge in [0.1, 0.15) is 11.4 Å². The van der Waals surface area contributed by atoms with E-state index in [0.717, 1.165) is 14.6 Å². The molecule has 0 fully saturated rings. The average molecular weight is 420 g/mol. The molecule has 0 saturated heterocycles. The van der Waals surface area contributed by atoms with Crippen molar-refractivity contribution in [1.29, 1.82) is 0 Å². The zero-order valence-electron chi connectivity index (χ0n) is 14.0. The van der Waals surface area contributed by atoms with Crippen molar-refractivity contribution < 1.29 is 18.0 Å². The molecule has 27 heavy (non-hydrogen) atoms. The van der Waals surface area contributed by atoms with Crippen LogP contribution in [0.2, 0.25) is 0 Å². The van der Waals surface area contributed by atoms with Gasteiger partial charge in [0.2, 0.25) is 5.91 Å². The third-order valence-corrected chi connectivity index (χ3v) is 7.82. The number of carbonyl (C=O) groups excluding carboxylic acids is 2. The minimum absolute atomic E-state index is 0.0709. The normalized spacial score (nSPS) is 15.1. The maximum atomic E-state index is 12.5. The summed E-state index contributed by atoms with van der Waals surface area (Å²) in [6.45, 7) is -0.577. The van der Waals surface area contributed by atoms with Gasteiger partial charge in [-0.2, -0.15) is 0 Å². The van der Waals surface area contributed by atoms with Gasteiger partial charge in [0.25, 0.3) is 15.9 Å². The van der Waals surface area contributed by atoms with Gasteiger partial charge in [0.15, 0.2) is 4.34 Å². The number of nitrogens with zero attached hydrogens (tertiary/aromatic N) is 2. The number of rotatable bonds is 4. The Morgan fingerprint density at radius 2 is 2.04 bits per heavy atom. The molecular weight excluding hydrogens is 406 g/mol. The molecule has 2 heterocycles. The molecule has 0 radical (unpaired) electrons. The number of thioether (sulfide) groups is 1. The third kappa shape index (κ3) is 3.09. The Bertz CT molecular complexity index is 1190. The van der Waals surface area contributed by atoms with Gasteiger partial charge in [-0.05, 0) is 36.6 Å². The number of hydrogen-bond acceptors (Lipinski definition) is 7. The van der Waals surface area contributed by atoms with Crippen LogP contribution in [0, 0.1) is 0 Å². The lowest BCUT2D eigenvalue weighted by Gasteiger charge is -2.14. The zero-order valence-corrected chi connectivity index (χ0v) is 16.5. The Morgan fingerprint density at radius 1 is 1.26 bits per heavy atom. The molecule has 0 bridgehead atoms. The summed E-state index contributed by atoms with van der Waals surface area (Å²) in [5, 5.41) is 2.65. The predicted octanol–water partition coefficient (Wildman–Crippen LogP) is 2.80. The number of anilines is 1. The fourth-order valence-corrected chi connectivity index (χ4v) is 5.84. The SMILES string of the molecule is CSc1nc2ccc(NC(=O)CN3C(=O)c4ccccc4S3(=O)=O)cc2s1. The molecule has 3 aromatic rings. The summed E-state index contributed by atoms with van der Waals surface area (Å²) in [6.07, 6.45) is 1.94. The second-order valence-corrected chi connectivity index (χ2v) is 9.64. The number of thiazole rings is 1. The average Bonchev–Trinajstić information content (AvgIpc) is 3.14. The largest absolute Gasteiger partial charge is 0.324 e. The van der Waals surface area contributed by atoms with Gasteiger partial charge >= 0.3 is 0 Å². The van der Waals surface area contributed by atoms with Gasteiger partial charge in [-0.3, -0.25) is 9.59 Å². The molecule has 1 aliphatic heterocycles. The van der Waals surface area contributed by atoms with E-state index in [1.165, 1.54) is 35.2 Å². The van der Waals surface area contributed by atoms with Crippen LogP contribution >= 0.6 is 23.1 Å². The first-order valence-corrected chi connectivity index (χ1v) is 11.3. The maximum Gasteiger partial charge on any atom is 0.269 e. The minimum Gasteiger partial charge on any atom is -0.324 e. The maximum absolute atomic E-state index is 12.5. The fraction of sp³-hybridized carbons (Fsp3) is 0.118. The molecule has 7 nitrogen and oxygen atoms in total. The van der Waals surface area contributed by atoms with Crippen LogP contribution in [0.5, 0.6) is 0 Å². The van der Waals surface area contributed by atoms with E-state index in [2.05, 4.69) is 10.3 Å². The number of nitrogens with one attached hydrogen (secondary N) is 1. The fourth-order valence-electron chi connectivity index (χ4n) is 2.79. The second-order valence-electron chi connectivity index (χ2n) is 5.73. The third-order valence-electron chi connectivity index (χ3n) is 4.03. The van der Waals surface area contributed by atoms with E-state index >= 15 is 0 Å². The van der Waals surface area contributed by atoms with Gasteiger partial charge in [-0.15, -0.1) is 11.3 Å². The first kappa shape index (κ1) is 18.0. The van der Waals surface area contributed by atoms with E-state index in [4.69, 9.17) is 0 Å². The Balaban J connectivity index is 1.54. The van der Waals surface area contributed by atoms with Crippen molar-refractivity contribution >= 4 is 60.8 Å². The topological polar surface area (TPSA) is 96.4 Å². The smallest absolute Gasteiger partial charge is 0.269 e. The van der Waals surface area contributed by atoms with E-state index < -0.39 is 28.4 Å². The van der Waals surface area contributed by atoms with Gasteiger partial charge < -0.3 is 5.32 Å². The highest BCUT2D eigenvalue weighted by Crippen LogP contribution is 2.31. The number of hydrogen-bond donors (Lipinski definition) is 1. The van der Waals surface area contributed by atoms with Crippen LogP contribution in [0.25, 0.3) is 10.2 Å². The van der Waals surface area contributed by atoms with Crippen LogP contribution in [-0.4, -0.2) is 42.3 Å². The number of benzene rings is 2. The van der Waals surface area contributed by atoms with Gasteiger partial charge in [-0.1, -0.05) is 23.9 Å². The number of aromatic nitrogens is 1. The highest BCUT2D eigenvalue weighted by Gasteiger charge is 2.41. The van der Waals surface area contributed by atoms with Crippen LogP contribution in [0.15, 0.2) is 51.7 Å². The summed E-state index contributed by atoms with van der Waals surface area (Å²) >= 11 is 3.04. The summed E-state index contributed by atoms with van der Waals surface area (Å²) in [6, 6.07) is 11.2. The highest BCUT2D eigenvalue weighted by atomic mass is 32.2. The number of fused-ring (bicyclic) bond motifs is 2. The van der Waals surface area contributed by atoms with Gasteiger partial charge in [0, 0.05) is 5.69 Å². The van der Waals surface area contributed by atoms with Crippen LogP contribution < -0.4 is 5.32 Å². The van der Waals surface area contributed by atoms with Crippen molar-refractivity contribution in [2.45, 2.75) is 9.24 Å². The molecule has 0 saturated carbocycles. The molecule has 1 aromatic heterocycles. The summed E-state index contributed by atoms with van der Waals surface area (Å²) in [5.41, 5.74) is 1.43. The van der Waals surface area contributed by atoms with E-state index in [-0.39, 0.29) is 10.5 Å². The van der Waals surface area contributed by atoms with Crippen molar-refractivity contribution in [3.05, 3.63) is 48.0 Å². The van der Waals surface area contributed by atoms with E-state index in [1.54, 1.807) is 30.3 Å². The highest BCUT2D eigenvalue weighted by molar-refractivity contribution is 8.00. The lowest BCUT2D eigenvalue weighted by Crippen LogP contribution is -2.37. The monoisotopic (exact) mass is 419 g/mol. The molecule has 0 unspecified atom stereocenters. The standard InChI is InChI=1S/C17H13N3O4S3/c1-25-17-19-12-7-6-10(8-13(12)26-17)18-15(21)9-20-16(22)11-4-2-3-5-14(11)27(20,23)24/h2-8H,9H2,1H3,(H,18,21). The lowest BCUT2D eigenvalue weighted by atomic mass is 10.2. The van der Waals surface area contributed by atoms with Crippen molar-refractivity contribution in [2.75, 3.05) is 18.1 Å². The van der Waals surface area contributed by atoms with Crippen molar-refractivity contribution in [3.63, 3.8) is 0 Å². The van der Waals surface area contributed by atoms with Crippen LogP contribution in [0.3, 0.4) is 0 Å². The van der Waals surface area contributed by atoms with E-state index in [0.29, 0.717) is 9.99 Å². The van der Waals surface area contributed by atoms with Gasteiger partial charge in [-0.25, -0.2) is 17.7 Å². The summed E-state index contributed by atoms with van der Waals surface area (Å²) in [5.74, 6) is -1.28. The van der Waals surface area contributed by atoms with Crippen LogP contribution in [0.1, 0.15) is 10.4 Å². The molecule has 0 spiro atoms. The van der Waals surface area contributed by atoms with Crippen molar-refractivity contribution in [2.24, 2.45) is 0 Å². The molecule has 2 amide bonds. The summed E-state index contributed by atoms with van der Waals surface area (Å²) in [4.78, 5) is 29.1. The van der Waals surface area contributed by atoms with Gasteiger partial charge in [0.05, 0.1) is 15.8 Å². The zero-order chi connectivity index (χ0) is 19.2. The second kappa shape index (κ2) is 6.63. The minimum atomic E-state index is -4.01. The number of amides is 2. The molecular formula is C17H13N3O4S3. The molecule has 10 heteroatoms. The van der Waals surface area contributed by atoms with Crippen LogP contribution in [-0.2, 0) is 14.8 Å². The van der Waals surface area contributed by atoms with Crippen LogP contribution in [0.4, 0.5) is 5.69 Å². The first-order valence-electron chi connectivity index (χ1n) is 7.80. The molecule has 4 rings (SSSR count). The number of sulfonamides is 1. The molecule has 1 N–H and O–H groups in total. The lowest BCUT2D eigenvalue weighted by molar-refractivity contribution is -0.116. The molecule has 1 aliphatic rings. The first-order chi connectivity index (χ1) is 12.9. The Hall–Kier alpha value is -2.43. The summed E-state index contributed by atoms with van der Waals surface area (Å²) < 4.78 is 27.4. The Labute approximate surface area is 163 Å². The molecule has 138 valence electrons. The quantitative estimate of drug-likeness (QED) is 0.653.